The quantitative estimate of drug-likeness (QED) is 0.724. The van der Waals surface area contributed by atoms with Crippen molar-refractivity contribution in [2.45, 2.75) is 13.8 Å². The smallest absolute Gasteiger partial charge is 0.273 e. The highest BCUT2D eigenvalue weighted by molar-refractivity contribution is 6.03. The molecule has 0 fully saturated rings. The average Bonchev–Trinajstić information content (AvgIpc) is 2.97. The molecule has 3 rings (SSSR count). The van der Waals surface area contributed by atoms with Crippen molar-refractivity contribution in [2.75, 3.05) is 11.9 Å². The Hall–Kier alpha value is -3.28. The maximum absolute atomic E-state index is 12.3. The van der Waals surface area contributed by atoms with Crippen molar-refractivity contribution in [3.63, 3.8) is 0 Å². The van der Waals surface area contributed by atoms with Gasteiger partial charge in [-0.3, -0.25) is 9.48 Å². The molecule has 6 nitrogen and oxygen atoms in total. The molecule has 0 bridgehead atoms. The van der Waals surface area contributed by atoms with Gasteiger partial charge in [-0.05, 0) is 68.4 Å². The lowest BCUT2D eigenvalue weighted by Gasteiger charge is -2.09. The van der Waals surface area contributed by atoms with E-state index < -0.39 is 0 Å². The normalized spacial score (nSPS) is 10.4. The molecular formula is C20H21N3O3. The van der Waals surface area contributed by atoms with E-state index >= 15 is 0 Å². The highest BCUT2D eigenvalue weighted by Crippen LogP contribution is 2.25. The van der Waals surface area contributed by atoms with Gasteiger partial charge in [0.25, 0.3) is 5.91 Å². The fraction of sp³-hybridized carbons (Fsp3) is 0.200. The van der Waals surface area contributed by atoms with Gasteiger partial charge in [0.05, 0.1) is 12.3 Å². The van der Waals surface area contributed by atoms with E-state index in [1.54, 1.807) is 42.1 Å². The SMILES string of the molecule is CCOc1ccc(Oc2ccc(NC(=O)c3cc(C)nn3C)cc2)cc1. The third kappa shape index (κ3) is 4.22. The summed E-state index contributed by atoms with van der Waals surface area (Å²) in [5.41, 5.74) is 2.00. The van der Waals surface area contributed by atoms with E-state index in [4.69, 9.17) is 9.47 Å². The summed E-state index contributed by atoms with van der Waals surface area (Å²) in [7, 11) is 1.75. The van der Waals surface area contributed by atoms with Gasteiger partial charge in [-0.1, -0.05) is 0 Å². The van der Waals surface area contributed by atoms with Crippen LogP contribution in [0.25, 0.3) is 0 Å². The maximum Gasteiger partial charge on any atom is 0.273 e. The minimum absolute atomic E-state index is 0.201. The Morgan fingerprint density at radius 2 is 1.62 bits per heavy atom. The minimum Gasteiger partial charge on any atom is -0.494 e. The summed E-state index contributed by atoms with van der Waals surface area (Å²) in [6.07, 6.45) is 0. The van der Waals surface area contributed by atoms with Crippen molar-refractivity contribution in [3.8, 4) is 17.2 Å². The van der Waals surface area contributed by atoms with Crippen LogP contribution in [0.5, 0.6) is 17.2 Å². The number of hydrogen-bond donors (Lipinski definition) is 1. The second-order valence-electron chi connectivity index (χ2n) is 5.78. The minimum atomic E-state index is -0.201. The van der Waals surface area contributed by atoms with Gasteiger partial charge in [-0.15, -0.1) is 0 Å². The molecule has 0 atom stereocenters. The summed E-state index contributed by atoms with van der Waals surface area (Å²) in [5.74, 6) is 2.01. The highest BCUT2D eigenvalue weighted by atomic mass is 16.5. The van der Waals surface area contributed by atoms with Gasteiger partial charge in [-0.2, -0.15) is 5.10 Å². The number of benzene rings is 2. The van der Waals surface area contributed by atoms with E-state index in [9.17, 15) is 4.79 Å². The Labute approximate surface area is 152 Å². The van der Waals surface area contributed by atoms with E-state index in [-0.39, 0.29) is 5.91 Å². The molecule has 0 aliphatic rings. The van der Waals surface area contributed by atoms with Crippen molar-refractivity contribution in [1.82, 2.24) is 9.78 Å². The summed E-state index contributed by atoms with van der Waals surface area (Å²) in [6.45, 7) is 4.43. The topological polar surface area (TPSA) is 65.4 Å². The number of nitrogens with one attached hydrogen (secondary N) is 1. The van der Waals surface area contributed by atoms with Crippen molar-refractivity contribution in [1.29, 1.82) is 0 Å². The van der Waals surface area contributed by atoms with Crippen LogP contribution >= 0.6 is 0 Å². The molecule has 0 spiro atoms. The van der Waals surface area contributed by atoms with Crippen molar-refractivity contribution in [3.05, 3.63) is 66.0 Å². The summed E-state index contributed by atoms with van der Waals surface area (Å²) in [5, 5.41) is 7.03. The second-order valence-corrected chi connectivity index (χ2v) is 5.78. The van der Waals surface area contributed by atoms with Gasteiger partial charge in [0.2, 0.25) is 0 Å². The first-order valence-corrected chi connectivity index (χ1v) is 8.38. The molecule has 1 aromatic heterocycles. The molecule has 3 aromatic rings. The standard InChI is InChI=1S/C20H21N3O3/c1-4-25-16-9-11-18(12-10-16)26-17-7-5-15(6-8-17)21-20(24)19-13-14(2)22-23(19)3/h5-13H,4H2,1-3H3,(H,21,24). The zero-order valence-electron chi connectivity index (χ0n) is 15.0. The lowest BCUT2D eigenvalue weighted by Crippen LogP contribution is -2.15. The number of aromatic nitrogens is 2. The monoisotopic (exact) mass is 351 g/mol. The molecular weight excluding hydrogens is 330 g/mol. The predicted molar refractivity (Wildman–Crippen MR) is 100 cm³/mol. The summed E-state index contributed by atoms with van der Waals surface area (Å²) in [6, 6.07) is 16.4. The molecule has 0 saturated heterocycles. The van der Waals surface area contributed by atoms with Gasteiger partial charge in [0, 0.05) is 12.7 Å². The third-order valence-electron chi connectivity index (χ3n) is 3.72. The Morgan fingerprint density at radius 3 is 2.15 bits per heavy atom. The molecule has 1 heterocycles. The number of amides is 1. The maximum atomic E-state index is 12.3. The van der Waals surface area contributed by atoms with Crippen molar-refractivity contribution >= 4 is 11.6 Å². The molecule has 1 amide bonds. The van der Waals surface area contributed by atoms with E-state index in [1.165, 1.54) is 0 Å². The number of aryl methyl sites for hydroxylation is 2. The molecule has 0 aliphatic heterocycles. The molecule has 2 aromatic carbocycles. The molecule has 0 unspecified atom stereocenters. The Bertz CT molecular complexity index is 884. The zero-order valence-corrected chi connectivity index (χ0v) is 15.0. The van der Waals surface area contributed by atoms with E-state index in [2.05, 4.69) is 10.4 Å². The number of carbonyl (C=O) groups excluding carboxylic acids is 1. The summed E-state index contributed by atoms with van der Waals surface area (Å²) in [4.78, 5) is 12.3. The van der Waals surface area contributed by atoms with Crippen LogP contribution in [0.2, 0.25) is 0 Å². The lowest BCUT2D eigenvalue weighted by molar-refractivity contribution is 0.101. The third-order valence-corrected chi connectivity index (χ3v) is 3.72. The first-order chi connectivity index (χ1) is 12.5. The number of anilines is 1. The molecule has 134 valence electrons. The highest BCUT2D eigenvalue weighted by Gasteiger charge is 2.12. The molecule has 6 heteroatoms. The van der Waals surface area contributed by atoms with Crippen LogP contribution in [0.4, 0.5) is 5.69 Å². The first-order valence-electron chi connectivity index (χ1n) is 8.38. The van der Waals surface area contributed by atoms with Crippen molar-refractivity contribution in [2.24, 2.45) is 7.05 Å². The summed E-state index contributed by atoms with van der Waals surface area (Å²) >= 11 is 0. The van der Waals surface area contributed by atoms with Gasteiger partial charge in [0.15, 0.2) is 0 Å². The fourth-order valence-corrected chi connectivity index (χ4v) is 2.53. The van der Waals surface area contributed by atoms with Crippen LogP contribution < -0.4 is 14.8 Å². The first kappa shape index (κ1) is 17.5. The van der Waals surface area contributed by atoms with Crippen LogP contribution in [-0.2, 0) is 7.05 Å². The van der Waals surface area contributed by atoms with Crippen molar-refractivity contribution < 1.29 is 14.3 Å². The van der Waals surface area contributed by atoms with Gasteiger partial charge in [-0.25, -0.2) is 0 Å². The number of ether oxygens (including phenoxy) is 2. The van der Waals surface area contributed by atoms with E-state index in [0.717, 1.165) is 17.2 Å². The molecule has 1 N–H and O–H groups in total. The molecule has 26 heavy (non-hydrogen) atoms. The molecule has 0 radical (unpaired) electrons. The predicted octanol–water partition coefficient (Wildman–Crippen LogP) is 4.17. The Balaban J connectivity index is 1.63. The van der Waals surface area contributed by atoms with Crippen LogP contribution in [0.15, 0.2) is 54.6 Å². The van der Waals surface area contributed by atoms with Gasteiger partial charge in [0.1, 0.15) is 22.9 Å². The van der Waals surface area contributed by atoms with Crippen LogP contribution in [0.3, 0.4) is 0 Å². The largest absolute Gasteiger partial charge is 0.494 e. The Kier molecular flexibility index (Phi) is 5.22. The number of hydrogen-bond acceptors (Lipinski definition) is 4. The van der Waals surface area contributed by atoms with Gasteiger partial charge < -0.3 is 14.8 Å². The number of carbonyl (C=O) groups is 1. The zero-order chi connectivity index (χ0) is 18.5. The van der Waals surface area contributed by atoms with E-state index in [0.29, 0.717) is 23.7 Å². The number of nitrogens with zero attached hydrogens (tertiary/aromatic N) is 2. The van der Waals surface area contributed by atoms with E-state index in [1.807, 2.05) is 38.1 Å². The fourth-order valence-electron chi connectivity index (χ4n) is 2.53. The Morgan fingerprint density at radius 1 is 1.04 bits per heavy atom. The molecule has 0 aliphatic carbocycles. The number of rotatable bonds is 6. The van der Waals surface area contributed by atoms with Gasteiger partial charge >= 0.3 is 0 Å². The second kappa shape index (κ2) is 7.74. The lowest BCUT2D eigenvalue weighted by atomic mass is 10.2. The molecule has 0 saturated carbocycles. The van der Waals surface area contributed by atoms with Crippen LogP contribution in [0, 0.1) is 6.92 Å². The summed E-state index contributed by atoms with van der Waals surface area (Å²) < 4.78 is 12.8. The van der Waals surface area contributed by atoms with Crippen LogP contribution in [0.1, 0.15) is 23.1 Å². The average molecular weight is 351 g/mol. The van der Waals surface area contributed by atoms with Crippen LogP contribution in [-0.4, -0.2) is 22.3 Å².